The number of nitrogens with two attached hydrogens (primary N) is 1. The van der Waals surface area contributed by atoms with Gasteiger partial charge in [-0.15, -0.1) is 0 Å². The number of carbonyl (C=O) groups excluding carboxylic acids is 2. The third-order valence-corrected chi connectivity index (χ3v) is 6.86. The van der Waals surface area contributed by atoms with Crippen LogP contribution < -0.4 is 21.1 Å². The summed E-state index contributed by atoms with van der Waals surface area (Å²) in [7, 11) is 0. The van der Waals surface area contributed by atoms with Crippen molar-refractivity contribution in [2.24, 2.45) is 5.73 Å². The van der Waals surface area contributed by atoms with Crippen molar-refractivity contribution in [3.63, 3.8) is 0 Å². The largest absolute Gasteiger partial charge is 0.492 e. The zero-order valence-electron chi connectivity index (χ0n) is 21.8. The zero-order chi connectivity index (χ0) is 29.1. The van der Waals surface area contributed by atoms with E-state index in [9.17, 15) is 27.2 Å². The maximum Gasteiger partial charge on any atom is 0.416 e. The molecule has 0 unspecified atom stereocenters. The van der Waals surface area contributed by atoms with Gasteiger partial charge in [0.05, 0.1) is 16.8 Å². The molecule has 5 rings (SSSR count). The first-order chi connectivity index (χ1) is 19.6. The van der Waals surface area contributed by atoms with E-state index in [2.05, 4.69) is 20.5 Å². The van der Waals surface area contributed by atoms with Gasteiger partial charge in [0.15, 0.2) is 0 Å². The number of halogens is 4. The summed E-state index contributed by atoms with van der Waals surface area (Å²) in [5.41, 5.74) is 6.29. The van der Waals surface area contributed by atoms with Crippen LogP contribution in [0.15, 0.2) is 60.7 Å². The Balaban J connectivity index is 1.30. The quantitative estimate of drug-likeness (QED) is 0.189. The molecule has 3 aromatic carbocycles. The molecule has 0 atom stereocenters. The Morgan fingerprint density at radius 2 is 1.71 bits per heavy atom. The van der Waals surface area contributed by atoms with E-state index in [1.807, 2.05) is 18.2 Å². The number of hydrogen-bond acceptors (Lipinski definition) is 4. The summed E-state index contributed by atoms with van der Waals surface area (Å²) in [4.78, 5) is 30.0. The van der Waals surface area contributed by atoms with Crippen molar-refractivity contribution in [3.05, 3.63) is 77.7 Å². The number of H-pyrrole nitrogens is 1. The van der Waals surface area contributed by atoms with E-state index in [1.54, 1.807) is 12.1 Å². The number of aromatic nitrogens is 1. The maximum atomic E-state index is 14.0. The zero-order valence-corrected chi connectivity index (χ0v) is 21.8. The topological polar surface area (TPSA) is 112 Å². The van der Waals surface area contributed by atoms with Gasteiger partial charge in [-0.25, -0.2) is 9.18 Å². The fraction of sp³-hybridized carbons (Fsp3) is 0.241. The number of anilines is 2. The average molecular weight is 570 g/mol. The predicted octanol–water partition coefficient (Wildman–Crippen LogP) is 6.21. The van der Waals surface area contributed by atoms with Gasteiger partial charge < -0.3 is 26.1 Å². The summed E-state index contributed by atoms with van der Waals surface area (Å²) in [5.74, 6) is -1.01. The first-order valence-corrected chi connectivity index (χ1v) is 12.9. The van der Waals surface area contributed by atoms with Crippen molar-refractivity contribution in [2.45, 2.75) is 19.0 Å². The first-order valence-electron chi connectivity index (χ1n) is 12.9. The highest BCUT2D eigenvalue weighted by molar-refractivity contribution is 6.09. The summed E-state index contributed by atoms with van der Waals surface area (Å²) in [5, 5.41) is 5.28. The Labute approximate surface area is 232 Å². The molecule has 12 heteroatoms. The van der Waals surface area contributed by atoms with Gasteiger partial charge in [0.2, 0.25) is 0 Å². The highest BCUT2D eigenvalue weighted by Gasteiger charge is 2.31. The number of benzene rings is 3. The molecule has 1 aromatic heterocycles. The normalized spacial score (nSPS) is 13.9. The van der Waals surface area contributed by atoms with Crippen LogP contribution in [0.4, 0.5) is 33.7 Å². The molecule has 1 aliphatic rings. The second-order valence-corrected chi connectivity index (χ2v) is 9.69. The molecule has 4 aromatic rings. The minimum Gasteiger partial charge on any atom is -0.492 e. The van der Waals surface area contributed by atoms with Gasteiger partial charge in [-0.05, 0) is 74.0 Å². The van der Waals surface area contributed by atoms with Crippen LogP contribution >= 0.6 is 0 Å². The second kappa shape index (κ2) is 11.5. The molecule has 5 N–H and O–H groups in total. The van der Waals surface area contributed by atoms with Crippen LogP contribution in [0.25, 0.3) is 22.0 Å². The van der Waals surface area contributed by atoms with Crippen LogP contribution in [0.1, 0.15) is 28.9 Å². The molecule has 0 saturated carbocycles. The number of primary amides is 1. The van der Waals surface area contributed by atoms with Crippen LogP contribution in [-0.2, 0) is 6.18 Å². The van der Waals surface area contributed by atoms with E-state index in [0.29, 0.717) is 47.2 Å². The molecule has 1 fully saturated rings. The highest BCUT2D eigenvalue weighted by Crippen LogP contribution is 2.35. The molecule has 0 aliphatic carbocycles. The van der Waals surface area contributed by atoms with Gasteiger partial charge in [0, 0.05) is 29.2 Å². The van der Waals surface area contributed by atoms with Crippen molar-refractivity contribution in [3.8, 4) is 16.9 Å². The number of hydrogen-bond donors (Lipinski definition) is 4. The number of alkyl halides is 3. The number of rotatable bonds is 8. The van der Waals surface area contributed by atoms with Gasteiger partial charge in [-0.3, -0.25) is 9.69 Å². The lowest BCUT2D eigenvalue weighted by molar-refractivity contribution is -0.137. The van der Waals surface area contributed by atoms with Gasteiger partial charge in [0.25, 0.3) is 5.91 Å². The number of nitrogens with zero attached hydrogens (tertiary/aromatic N) is 1. The van der Waals surface area contributed by atoms with Crippen LogP contribution in [0.2, 0.25) is 0 Å². The number of nitrogens with one attached hydrogen (secondary N) is 3. The van der Waals surface area contributed by atoms with E-state index in [-0.39, 0.29) is 11.4 Å². The van der Waals surface area contributed by atoms with E-state index < -0.39 is 35.2 Å². The van der Waals surface area contributed by atoms with Crippen molar-refractivity contribution in [1.29, 1.82) is 0 Å². The summed E-state index contributed by atoms with van der Waals surface area (Å²) in [6.45, 7) is 3.55. The number of fused-ring (bicyclic) bond motifs is 1. The summed E-state index contributed by atoms with van der Waals surface area (Å²) in [6.07, 6.45) is -2.28. The molecular weight excluding hydrogens is 542 g/mol. The maximum absolute atomic E-state index is 14.0. The molecular formula is C29H27F4N5O3. The average Bonchev–Trinajstić information content (AvgIpc) is 3.58. The third-order valence-electron chi connectivity index (χ3n) is 6.86. The fourth-order valence-corrected chi connectivity index (χ4v) is 4.85. The van der Waals surface area contributed by atoms with Crippen molar-refractivity contribution in [2.75, 3.05) is 36.9 Å². The number of aromatic amines is 1. The molecule has 41 heavy (non-hydrogen) atoms. The monoisotopic (exact) mass is 569 g/mol. The number of urea groups is 1. The summed E-state index contributed by atoms with van der Waals surface area (Å²) in [6, 6.07) is 12.6. The Kier molecular flexibility index (Phi) is 7.84. The highest BCUT2D eigenvalue weighted by atomic mass is 19.4. The number of amides is 3. The molecule has 3 amide bonds. The SMILES string of the molecule is NC(=O)c1[nH]c2cc(OCCN3CCCC3)ccc2c1-c1ccc(NC(=O)Nc2cc(C(F)(F)F)ccc2F)cc1. The smallest absolute Gasteiger partial charge is 0.416 e. The van der Waals surface area contributed by atoms with Crippen molar-refractivity contribution in [1.82, 2.24) is 9.88 Å². The van der Waals surface area contributed by atoms with Crippen LogP contribution in [0.3, 0.4) is 0 Å². The van der Waals surface area contributed by atoms with Crippen molar-refractivity contribution < 1.29 is 31.9 Å². The molecule has 1 saturated heterocycles. The van der Waals surface area contributed by atoms with E-state index >= 15 is 0 Å². The predicted molar refractivity (Wildman–Crippen MR) is 147 cm³/mol. The Morgan fingerprint density at radius 3 is 2.39 bits per heavy atom. The lowest BCUT2D eigenvalue weighted by Gasteiger charge is -2.14. The van der Waals surface area contributed by atoms with E-state index in [4.69, 9.17) is 10.5 Å². The van der Waals surface area contributed by atoms with Crippen molar-refractivity contribution >= 4 is 34.2 Å². The fourth-order valence-electron chi connectivity index (χ4n) is 4.85. The van der Waals surface area contributed by atoms with Gasteiger partial charge in [-0.1, -0.05) is 12.1 Å². The van der Waals surface area contributed by atoms with Crippen LogP contribution in [0.5, 0.6) is 5.75 Å². The lowest BCUT2D eigenvalue weighted by atomic mass is 10.0. The number of carbonyl (C=O) groups is 2. The van der Waals surface area contributed by atoms with Gasteiger partial charge >= 0.3 is 12.2 Å². The molecule has 0 spiro atoms. The number of likely N-dealkylation sites (tertiary alicyclic amines) is 1. The molecule has 0 bridgehead atoms. The van der Waals surface area contributed by atoms with Gasteiger partial charge in [0.1, 0.15) is 23.9 Å². The van der Waals surface area contributed by atoms with E-state index in [0.717, 1.165) is 25.0 Å². The third kappa shape index (κ3) is 6.43. The Bertz CT molecular complexity index is 1580. The molecule has 1 aliphatic heterocycles. The first kappa shape index (κ1) is 28.0. The van der Waals surface area contributed by atoms with Gasteiger partial charge in [-0.2, -0.15) is 13.2 Å². The lowest BCUT2D eigenvalue weighted by Crippen LogP contribution is -2.25. The minimum atomic E-state index is -4.69. The Hall–Kier alpha value is -4.58. The molecule has 214 valence electrons. The molecule has 2 heterocycles. The molecule has 8 nitrogen and oxygen atoms in total. The van der Waals surface area contributed by atoms with E-state index in [1.165, 1.54) is 25.0 Å². The standard InChI is InChI=1S/C29H27F4N5O3/c30-22-10-5-18(29(31,32)33)15-24(22)37-28(40)35-19-6-3-17(4-7-19)25-21-9-8-20(16-23(21)36-26(25)27(34)39)41-14-13-38-11-1-2-12-38/h3-10,15-16,36H,1-2,11-14H2,(H2,34,39)(H2,35,37,40). The summed E-state index contributed by atoms with van der Waals surface area (Å²) < 4.78 is 58.7. The van der Waals surface area contributed by atoms with Crippen LogP contribution in [0, 0.1) is 5.82 Å². The second-order valence-electron chi connectivity index (χ2n) is 9.69. The summed E-state index contributed by atoms with van der Waals surface area (Å²) >= 11 is 0. The molecule has 0 radical (unpaired) electrons. The van der Waals surface area contributed by atoms with Crippen LogP contribution in [-0.4, -0.2) is 48.1 Å². The minimum absolute atomic E-state index is 0.202. The number of ether oxygens (including phenoxy) is 1. The Morgan fingerprint density at radius 1 is 0.976 bits per heavy atom.